The Morgan fingerprint density at radius 2 is 1.96 bits per heavy atom. The van der Waals surface area contributed by atoms with E-state index in [0.29, 0.717) is 11.5 Å². The summed E-state index contributed by atoms with van der Waals surface area (Å²) in [4.78, 5) is 17.0. The van der Waals surface area contributed by atoms with Crippen molar-refractivity contribution in [2.45, 2.75) is 44.1 Å². The van der Waals surface area contributed by atoms with Gasteiger partial charge < -0.3 is 9.64 Å². The highest BCUT2D eigenvalue weighted by atomic mass is 16.5. The van der Waals surface area contributed by atoms with Crippen LogP contribution in [0.3, 0.4) is 0 Å². The Kier molecular flexibility index (Phi) is 5.23. The lowest BCUT2D eigenvalue weighted by Gasteiger charge is -2.58. The van der Waals surface area contributed by atoms with E-state index in [0.717, 1.165) is 45.2 Å². The number of rotatable bonds is 5. The molecule has 142 valence electrons. The Morgan fingerprint density at radius 1 is 1.19 bits per heavy atom. The summed E-state index contributed by atoms with van der Waals surface area (Å²) in [5.41, 5.74) is 0.764. The third kappa shape index (κ3) is 3.62. The molecule has 2 saturated heterocycles. The van der Waals surface area contributed by atoms with Crippen LogP contribution in [0.2, 0.25) is 0 Å². The molecule has 4 rings (SSSR count). The van der Waals surface area contributed by atoms with Crippen LogP contribution in [0.15, 0.2) is 18.5 Å². The number of likely N-dealkylation sites (tertiary alicyclic amines) is 2. The van der Waals surface area contributed by atoms with Crippen LogP contribution < -0.4 is 0 Å². The Morgan fingerprint density at radius 3 is 2.69 bits per heavy atom. The number of carbonyl (C=O) groups excluding carboxylic acids is 1. The number of ether oxygens (including phenoxy) is 1. The van der Waals surface area contributed by atoms with E-state index in [4.69, 9.17) is 4.74 Å². The molecule has 26 heavy (non-hydrogen) atoms. The Hall–Kier alpha value is -1.53. The van der Waals surface area contributed by atoms with Crippen LogP contribution in [0.25, 0.3) is 0 Å². The summed E-state index contributed by atoms with van der Waals surface area (Å²) < 4.78 is 6.08. The summed E-state index contributed by atoms with van der Waals surface area (Å²) in [5, 5.41) is 7.57. The van der Waals surface area contributed by atoms with E-state index in [1.807, 2.05) is 4.90 Å². The zero-order valence-corrected chi connectivity index (χ0v) is 15.8. The number of nitrogens with zero attached hydrogens (tertiary/aromatic N) is 4. The van der Waals surface area contributed by atoms with Gasteiger partial charge in [-0.2, -0.15) is 10.2 Å². The van der Waals surface area contributed by atoms with Crippen molar-refractivity contribution in [1.29, 1.82) is 0 Å². The lowest BCUT2D eigenvalue weighted by Crippen LogP contribution is -2.72. The first-order chi connectivity index (χ1) is 12.7. The van der Waals surface area contributed by atoms with Crippen LogP contribution in [0, 0.1) is 11.8 Å². The van der Waals surface area contributed by atoms with Crippen LogP contribution in [0.5, 0.6) is 0 Å². The fourth-order valence-electron chi connectivity index (χ4n) is 4.91. The van der Waals surface area contributed by atoms with Crippen molar-refractivity contribution in [1.82, 2.24) is 20.0 Å². The molecule has 1 saturated carbocycles. The number of amides is 1. The smallest absolute Gasteiger partial charge is 0.255 e. The quantitative estimate of drug-likeness (QED) is 0.808. The molecule has 6 heteroatoms. The second kappa shape index (κ2) is 7.61. The molecule has 1 spiro atoms. The van der Waals surface area contributed by atoms with Gasteiger partial charge in [0, 0.05) is 26.3 Å². The molecule has 3 fully saturated rings. The largest absolute Gasteiger partial charge is 0.381 e. The summed E-state index contributed by atoms with van der Waals surface area (Å²) >= 11 is 0. The lowest BCUT2D eigenvalue weighted by molar-refractivity contribution is -0.0771. The first kappa shape index (κ1) is 17.9. The van der Waals surface area contributed by atoms with Gasteiger partial charge in [0.25, 0.3) is 5.91 Å². The average molecular weight is 358 g/mol. The van der Waals surface area contributed by atoms with Gasteiger partial charge in [-0.05, 0) is 57.2 Å². The Bertz CT molecular complexity index is 611. The van der Waals surface area contributed by atoms with Gasteiger partial charge in [-0.25, -0.2) is 0 Å². The molecule has 0 bridgehead atoms. The minimum Gasteiger partial charge on any atom is -0.381 e. The van der Waals surface area contributed by atoms with E-state index in [1.165, 1.54) is 32.1 Å². The van der Waals surface area contributed by atoms with Gasteiger partial charge in [0.1, 0.15) is 0 Å². The average Bonchev–Trinajstić information content (AvgIpc) is 3.15. The molecule has 1 amide bonds. The zero-order chi connectivity index (χ0) is 18.0. The van der Waals surface area contributed by atoms with Gasteiger partial charge in [0.05, 0.1) is 23.5 Å². The van der Waals surface area contributed by atoms with Crippen molar-refractivity contribution in [3.8, 4) is 0 Å². The fourth-order valence-corrected chi connectivity index (χ4v) is 4.91. The Labute approximate surface area is 155 Å². The molecule has 1 aliphatic carbocycles. The van der Waals surface area contributed by atoms with Gasteiger partial charge in [-0.15, -0.1) is 0 Å². The molecule has 3 aliphatic rings. The highest BCUT2D eigenvalue weighted by Crippen LogP contribution is 2.39. The van der Waals surface area contributed by atoms with Crippen LogP contribution in [0.4, 0.5) is 0 Å². The second-order valence-electron chi connectivity index (χ2n) is 8.48. The van der Waals surface area contributed by atoms with E-state index in [9.17, 15) is 4.79 Å². The molecule has 0 aromatic carbocycles. The molecule has 3 heterocycles. The summed E-state index contributed by atoms with van der Waals surface area (Å²) in [6, 6.07) is 1.74. The third-order valence-corrected chi connectivity index (χ3v) is 6.62. The number of hydrogen-bond donors (Lipinski definition) is 0. The predicted molar refractivity (Wildman–Crippen MR) is 98.8 cm³/mol. The van der Waals surface area contributed by atoms with Crippen LogP contribution in [-0.2, 0) is 4.74 Å². The lowest BCUT2D eigenvalue weighted by atomic mass is 9.75. The van der Waals surface area contributed by atoms with E-state index < -0.39 is 0 Å². The maximum Gasteiger partial charge on any atom is 0.255 e. The van der Waals surface area contributed by atoms with Crippen molar-refractivity contribution >= 4 is 5.91 Å². The van der Waals surface area contributed by atoms with Crippen molar-refractivity contribution < 1.29 is 9.53 Å². The highest BCUT2D eigenvalue weighted by Gasteiger charge is 2.51. The molecule has 2 aliphatic heterocycles. The first-order valence-electron chi connectivity index (χ1n) is 10.0. The molecule has 1 aromatic rings. The maximum absolute atomic E-state index is 12.6. The first-order valence-corrected chi connectivity index (χ1v) is 10.0. The van der Waals surface area contributed by atoms with E-state index in [1.54, 1.807) is 18.5 Å². The number of likely N-dealkylation sites (N-methyl/N-ethyl adjacent to an activating group) is 1. The van der Waals surface area contributed by atoms with E-state index in [-0.39, 0.29) is 11.4 Å². The molecule has 0 radical (unpaired) electrons. The zero-order valence-electron chi connectivity index (χ0n) is 15.8. The van der Waals surface area contributed by atoms with Gasteiger partial charge in [0.2, 0.25) is 0 Å². The van der Waals surface area contributed by atoms with Gasteiger partial charge in [0.15, 0.2) is 0 Å². The molecule has 1 atom stereocenters. The van der Waals surface area contributed by atoms with Crippen LogP contribution in [0.1, 0.15) is 48.9 Å². The minimum absolute atomic E-state index is 0.0681. The predicted octanol–water partition coefficient (Wildman–Crippen LogP) is 2.22. The SMILES string of the molecule is CN1CCC(COCC2CCCC2)CC12CN(C(=O)c1ccnnc1)C2. The maximum atomic E-state index is 12.6. The van der Waals surface area contributed by atoms with Crippen LogP contribution in [-0.4, -0.2) is 71.3 Å². The summed E-state index contributed by atoms with van der Waals surface area (Å²) in [5.74, 6) is 1.48. The monoisotopic (exact) mass is 358 g/mol. The highest BCUT2D eigenvalue weighted by molar-refractivity contribution is 5.94. The van der Waals surface area contributed by atoms with Gasteiger partial charge >= 0.3 is 0 Å². The molecule has 1 unspecified atom stereocenters. The Balaban J connectivity index is 1.28. The van der Waals surface area contributed by atoms with Crippen molar-refractivity contribution in [2.75, 3.05) is 39.9 Å². The molecule has 1 aromatic heterocycles. The standard InChI is InChI=1S/C20H30N4O2/c1-23-9-7-17(13-26-12-16-4-2-3-5-16)10-20(23)14-24(15-20)19(25)18-6-8-21-22-11-18/h6,8,11,16-17H,2-5,7,9-10,12-15H2,1H3. The third-order valence-electron chi connectivity index (χ3n) is 6.62. The van der Waals surface area contributed by atoms with Gasteiger partial charge in [-0.1, -0.05) is 12.8 Å². The topological polar surface area (TPSA) is 58.6 Å². The number of carbonyl (C=O) groups is 1. The number of hydrogen-bond acceptors (Lipinski definition) is 5. The van der Waals surface area contributed by atoms with Crippen LogP contribution >= 0.6 is 0 Å². The minimum atomic E-state index is 0.0681. The number of piperidine rings is 1. The molecular weight excluding hydrogens is 328 g/mol. The van der Waals surface area contributed by atoms with Crippen molar-refractivity contribution in [3.05, 3.63) is 24.0 Å². The summed E-state index contributed by atoms with van der Waals surface area (Å²) in [7, 11) is 2.20. The fraction of sp³-hybridized carbons (Fsp3) is 0.750. The summed E-state index contributed by atoms with van der Waals surface area (Å²) in [6.45, 7) is 4.54. The second-order valence-corrected chi connectivity index (χ2v) is 8.48. The molecule has 0 N–H and O–H groups in total. The summed E-state index contributed by atoms with van der Waals surface area (Å²) in [6.07, 6.45) is 10.9. The van der Waals surface area contributed by atoms with Crippen molar-refractivity contribution in [2.24, 2.45) is 11.8 Å². The normalized spacial score (nSPS) is 26.2. The number of aromatic nitrogens is 2. The molecule has 6 nitrogen and oxygen atoms in total. The van der Waals surface area contributed by atoms with E-state index >= 15 is 0 Å². The van der Waals surface area contributed by atoms with Crippen molar-refractivity contribution in [3.63, 3.8) is 0 Å². The van der Waals surface area contributed by atoms with E-state index in [2.05, 4.69) is 22.1 Å². The van der Waals surface area contributed by atoms with Gasteiger partial charge in [-0.3, -0.25) is 9.69 Å². The molecular formula is C20H30N4O2.